The number of pyridine rings is 1. The molecule has 2 aromatic heterocycles. The van der Waals surface area contributed by atoms with Gasteiger partial charge in [0.1, 0.15) is 24.0 Å². The minimum absolute atomic E-state index is 0.00288. The number of nitrogens with zero attached hydrogens (tertiary/aromatic N) is 4. The van der Waals surface area contributed by atoms with Crippen molar-refractivity contribution in [2.45, 2.75) is 99.3 Å². The first kappa shape index (κ1) is 41.0. The molecule has 0 bridgehead atoms. The Balaban J connectivity index is 1.11. The summed E-state index contributed by atoms with van der Waals surface area (Å²) in [6, 6.07) is 46.3. The molecule has 62 heavy (non-hydrogen) atoms. The van der Waals surface area contributed by atoms with Crippen LogP contribution in [0, 0.1) is 20.8 Å². The summed E-state index contributed by atoms with van der Waals surface area (Å²) in [6.45, 7) is 28.2. The molecule has 1 aliphatic heterocycles. The zero-order valence-corrected chi connectivity index (χ0v) is 38.6. The molecule has 0 aliphatic carbocycles. The number of anilines is 4. The molecule has 0 atom stereocenters. The zero-order valence-electron chi connectivity index (χ0n) is 38.6. The van der Waals surface area contributed by atoms with Crippen LogP contribution in [0.5, 0.6) is 11.5 Å². The Bertz CT molecular complexity index is 2960. The smallest absolute Gasteiger partial charge is 0.137 e. The van der Waals surface area contributed by atoms with Gasteiger partial charge in [0, 0.05) is 34.8 Å². The van der Waals surface area contributed by atoms with Crippen molar-refractivity contribution in [2.24, 2.45) is 0 Å². The van der Waals surface area contributed by atoms with Gasteiger partial charge in [0.15, 0.2) is 0 Å². The molecule has 3 heterocycles. The minimum Gasteiger partial charge on any atom is -0.457 e. The standard InChI is InChI=1S/C57H60N4O/c1-36-28-37(2)53(38(3)29-36)39-30-46(56(7,8)9)54(47(31-39)57(10,11)12)60-35-59(49-22-15-16-23-50(49)60)41-18-17-19-42(33-41)62-43-24-25-45-44-20-13-14-21-48(44)61(51(45)34-43)52-32-40(26-27-58-52)55(4,5)6/h13-34H,35H2,1-12H3. The van der Waals surface area contributed by atoms with Crippen LogP contribution in [0.1, 0.15) is 95.7 Å². The van der Waals surface area contributed by atoms with Crippen LogP contribution >= 0.6 is 0 Å². The molecule has 0 N–H and O–H groups in total. The van der Waals surface area contributed by atoms with Crippen LogP contribution in [0.25, 0.3) is 38.8 Å². The molecule has 1 aliphatic rings. The van der Waals surface area contributed by atoms with Gasteiger partial charge in [-0.25, -0.2) is 4.98 Å². The summed E-state index contributed by atoms with van der Waals surface area (Å²) in [5.74, 6) is 2.46. The molecule has 0 saturated carbocycles. The van der Waals surface area contributed by atoms with Gasteiger partial charge >= 0.3 is 0 Å². The molecule has 0 unspecified atom stereocenters. The summed E-state index contributed by atoms with van der Waals surface area (Å²) in [5.41, 5.74) is 17.2. The highest BCUT2D eigenvalue weighted by Crippen LogP contribution is 2.51. The Morgan fingerprint density at radius 1 is 0.532 bits per heavy atom. The number of hydrogen-bond donors (Lipinski definition) is 0. The molecule has 9 rings (SSSR count). The van der Waals surface area contributed by atoms with Crippen molar-refractivity contribution in [2.75, 3.05) is 16.5 Å². The molecule has 0 radical (unpaired) electrons. The van der Waals surface area contributed by atoms with E-state index in [0.717, 1.165) is 34.0 Å². The van der Waals surface area contributed by atoms with E-state index >= 15 is 0 Å². The second-order valence-corrected chi connectivity index (χ2v) is 20.5. The predicted octanol–water partition coefficient (Wildman–Crippen LogP) is 15.7. The SMILES string of the molecule is Cc1cc(C)c(-c2cc(C(C)(C)C)c(N3CN(c4cccc(Oc5ccc6c7ccccc7n(-c7cc(C(C)(C)C)ccn7)c6c5)c4)c4ccccc43)c(C(C)(C)C)c2)c(C)c1. The van der Waals surface area contributed by atoms with Gasteiger partial charge in [-0.2, -0.15) is 0 Å². The van der Waals surface area contributed by atoms with Gasteiger partial charge in [-0.15, -0.1) is 0 Å². The van der Waals surface area contributed by atoms with E-state index in [-0.39, 0.29) is 16.2 Å². The van der Waals surface area contributed by atoms with E-state index in [2.05, 4.69) is 225 Å². The fourth-order valence-corrected chi connectivity index (χ4v) is 9.59. The lowest BCUT2D eigenvalue weighted by molar-refractivity contribution is 0.483. The number of fused-ring (bicyclic) bond motifs is 4. The lowest BCUT2D eigenvalue weighted by Gasteiger charge is -2.36. The predicted molar refractivity (Wildman–Crippen MR) is 263 cm³/mol. The monoisotopic (exact) mass is 816 g/mol. The van der Waals surface area contributed by atoms with Gasteiger partial charge in [0.2, 0.25) is 0 Å². The van der Waals surface area contributed by atoms with Crippen LogP contribution in [0.4, 0.5) is 22.7 Å². The van der Waals surface area contributed by atoms with Crippen LogP contribution in [-0.2, 0) is 16.2 Å². The second kappa shape index (κ2) is 14.9. The van der Waals surface area contributed by atoms with E-state index in [9.17, 15) is 0 Å². The van der Waals surface area contributed by atoms with Crippen LogP contribution < -0.4 is 14.5 Å². The molecular formula is C57H60N4O. The third-order valence-electron chi connectivity index (χ3n) is 12.6. The lowest BCUT2D eigenvalue weighted by atomic mass is 9.76. The fourth-order valence-electron chi connectivity index (χ4n) is 9.59. The van der Waals surface area contributed by atoms with Gasteiger partial charge in [-0.3, -0.25) is 4.57 Å². The zero-order chi connectivity index (χ0) is 43.9. The number of ether oxygens (including phenoxy) is 1. The second-order valence-electron chi connectivity index (χ2n) is 20.5. The first-order valence-electron chi connectivity index (χ1n) is 22.1. The fraction of sp³-hybridized carbons (Fsp3) is 0.281. The summed E-state index contributed by atoms with van der Waals surface area (Å²) < 4.78 is 9.06. The summed E-state index contributed by atoms with van der Waals surface area (Å²) in [6.07, 6.45) is 1.93. The van der Waals surface area contributed by atoms with E-state index in [4.69, 9.17) is 9.72 Å². The molecule has 5 heteroatoms. The molecule has 5 nitrogen and oxygen atoms in total. The van der Waals surface area contributed by atoms with Gasteiger partial charge < -0.3 is 14.5 Å². The third kappa shape index (κ3) is 7.31. The molecule has 8 aromatic rings. The Morgan fingerprint density at radius 2 is 1.15 bits per heavy atom. The molecule has 0 spiro atoms. The van der Waals surface area contributed by atoms with Gasteiger partial charge in [0.05, 0.1) is 28.1 Å². The summed E-state index contributed by atoms with van der Waals surface area (Å²) in [5, 5.41) is 2.36. The van der Waals surface area contributed by atoms with E-state index < -0.39 is 0 Å². The highest BCUT2D eigenvalue weighted by atomic mass is 16.5. The summed E-state index contributed by atoms with van der Waals surface area (Å²) in [4.78, 5) is 9.87. The Kier molecular flexibility index (Phi) is 9.89. The van der Waals surface area contributed by atoms with Crippen molar-refractivity contribution < 1.29 is 4.74 Å². The normalized spacial score (nSPS) is 13.4. The first-order chi connectivity index (χ1) is 29.4. The maximum atomic E-state index is 6.79. The van der Waals surface area contributed by atoms with Crippen molar-refractivity contribution in [3.05, 3.63) is 167 Å². The summed E-state index contributed by atoms with van der Waals surface area (Å²) >= 11 is 0. The Hall–Kier alpha value is -6.33. The van der Waals surface area contributed by atoms with Crippen LogP contribution in [-0.4, -0.2) is 16.2 Å². The number of aryl methyl sites for hydroxylation is 3. The topological polar surface area (TPSA) is 33.5 Å². The number of hydrogen-bond acceptors (Lipinski definition) is 4. The maximum Gasteiger partial charge on any atom is 0.137 e. The molecule has 6 aromatic carbocycles. The Morgan fingerprint density at radius 3 is 1.81 bits per heavy atom. The van der Waals surface area contributed by atoms with Crippen molar-refractivity contribution in [3.8, 4) is 28.4 Å². The maximum absolute atomic E-state index is 6.79. The highest BCUT2D eigenvalue weighted by Gasteiger charge is 2.36. The van der Waals surface area contributed by atoms with Crippen molar-refractivity contribution in [1.29, 1.82) is 0 Å². The molecule has 0 amide bonds. The van der Waals surface area contributed by atoms with Gasteiger partial charge in [-0.1, -0.05) is 116 Å². The molecule has 0 fully saturated rings. The lowest BCUT2D eigenvalue weighted by Crippen LogP contribution is -2.30. The van der Waals surface area contributed by atoms with Crippen molar-refractivity contribution >= 4 is 44.6 Å². The molecule has 0 saturated heterocycles. The summed E-state index contributed by atoms with van der Waals surface area (Å²) in [7, 11) is 0. The molecular weight excluding hydrogens is 757 g/mol. The largest absolute Gasteiger partial charge is 0.457 e. The quantitative estimate of drug-likeness (QED) is 0.167. The van der Waals surface area contributed by atoms with E-state index in [1.54, 1.807) is 0 Å². The number of benzene rings is 6. The molecule has 314 valence electrons. The van der Waals surface area contributed by atoms with E-state index in [1.165, 1.54) is 72.3 Å². The van der Waals surface area contributed by atoms with E-state index in [1.807, 2.05) is 6.20 Å². The number of rotatable bonds is 6. The highest BCUT2D eigenvalue weighted by molar-refractivity contribution is 6.09. The third-order valence-corrected chi connectivity index (χ3v) is 12.6. The van der Waals surface area contributed by atoms with Crippen molar-refractivity contribution in [3.63, 3.8) is 0 Å². The van der Waals surface area contributed by atoms with Crippen LogP contribution in [0.3, 0.4) is 0 Å². The van der Waals surface area contributed by atoms with Gasteiger partial charge in [-0.05, 0) is 143 Å². The van der Waals surface area contributed by atoms with Crippen LogP contribution in [0.2, 0.25) is 0 Å². The van der Waals surface area contributed by atoms with E-state index in [0.29, 0.717) is 6.67 Å². The number of para-hydroxylation sites is 3. The average molecular weight is 817 g/mol. The minimum atomic E-state index is -0.119. The van der Waals surface area contributed by atoms with Crippen LogP contribution in [0.15, 0.2) is 134 Å². The Labute approximate surface area is 368 Å². The average Bonchev–Trinajstić information content (AvgIpc) is 3.75. The van der Waals surface area contributed by atoms with Gasteiger partial charge in [0.25, 0.3) is 0 Å². The first-order valence-corrected chi connectivity index (χ1v) is 22.1. The van der Waals surface area contributed by atoms with Crippen molar-refractivity contribution in [1.82, 2.24) is 9.55 Å². The number of aromatic nitrogens is 2.